The normalized spacial score (nSPS) is 16.2. The number of aromatic nitrogens is 4. The summed E-state index contributed by atoms with van der Waals surface area (Å²) in [6.45, 7) is 3.27. The molecule has 0 spiro atoms. The van der Waals surface area contributed by atoms with E-state index in [0.29, 0.717) is 36.9 Å². The lowest BCUT2D eigenvalue weighted by Crippen LogP contribution is -2.48. The Morgan fingerprint density at radius 1 is 1.05 bits per heavy atom. The van der Waals surface area contributed by atoms with Crippen molar-refractivity contribution >= 4 is 17.2 Å². The molecule has 38 heavy (non-hydrogen) atoms. The number of allylic oxidation sites excluding steroid dienone is 2. The molecule has 0 saturated heterocycles. The van der Waals surface area contributed by atoms with Crippen LogP contribution in [0.15, 0.2) is 51.0 Å². The van der Waals surface area contributed by atoms with Crippen LogP contribution in [0.1, 0.15) is 62.6 Å². The van der Waals surface area contributed by atoms with Crippen LogP contribution >= 0.6 is 0 Å². The van der Waals surface area contributed by atoms with Crippen LogP contribution in [0.2, 0.25) is 0 Å². The second-order valence-corrected chi connectivity index (χ2v) is 9.43. The maximum absolute atomic E-state index is 13.4. The Morgan fingerprint density at radius 3 is 2.29 bits per heavy atom. The predicted octanol–water partition coefficient (Wildman–Crippen LogP) is 6.27. The molecule has 6 rings (SSSR count). The van der Waals surface area contributed by atoms with Gasteiger partial charge in [-0.1, -0.05) is 34.6 Å². The molecule has 1 amide bonds. The van der Waals surface area contributed by atoms with Crippen molar-refractivity contribution in [2.24, 2.45) is 5.41 Å². The molecule has 8 nitrogen and oxygen atoms in total. The molecule has 2 aromatic heterocycles. The summed E-state index contributed by atoms with van der Waals surface area (Å²) in [6.07, 6.45) is -3.56. The van der Waals surface area contributed by atoms with Gasteiger partial charge in [-0.05, 0) is 48.8 Å². The molecule has 1 saturated carbocycles. The standard InChI is InChI=1S/C25H22F5N5O3/c1-13(6-8-26)24(36)35(16-4-2-3-14(9-16)20-31-22(18(27)28)37-33-20)12-25-7-5-17(15(10-25)11-25)21-32-23(19(29)30)38-34-21/h2-4,9,18-19H,1,5-8,10-12H2. The van der Waals surface area contributed by atoms with Crippen LogP contribution in [0, 0.1) is 5.41 Å². The third-order valence-electron chi connectivity index (χ3n) is 6.89. The third kappa shape index (κ3) is 4.84. The second-order valence-electron chi connectivity index (χ2n) is 9.43. The average molecular weight is 535 g/mol. The van der Waals surface area contributed by atoms with Gasteiger partial charge in [-0.2, -0.15) is 27.5 Å². The van der Waals surface area contributed by atoms with E-state index in [1.807, 2.05) is 0 Å². The minimum atomic E-state index is -2.92. The number of hydrogen-bond donors (Lipinski definition) is 0. The number of carbonyl (C=O) groups is 1. The fourth-order valence-electron chi connectivity index (χ4n) is 5.00. The highest BCUT2D eigenvalue weighted by Crippen LogP contribution is 2.57. The summed E-state index contributed by atoms with van der Waals surface area (Å²) in [5.74, 6) is -1.91. The lowest BCUT2D eigenvalue weighted by atomic mass is 9.57. The molecule has 3 aliphatic carbocycles. The minimum absolute atomic E-state index is 0.0604. The second kappa shape index (κ2) is 10.1. The van der Waals surface area contributed by atoms with E-state index in [1.54, 1.807) is 24.3 Å². The first-order chi connectivity index (χ1) is 18.2. The number of benzene rings is 1. The Morgan fingerprint density at radius 2 is 1.71 bits per heavy atom. The summed E-state index contributed by atoms with van der Waals surface area (Å²) in [6, 6.07) is 6.47. The number of anilines is 1. The zero-order valence-electron chi connectivity index (χ0n) is 20.0. The van der Waals surface area contributed by atoms with Gasteiger partial charge in [0.15, 0.2) is 5.82 Å². The maximum atomic E-state index is 13.4. The van der Waals surface area contributed by atoms with E-state index in [0.717, 1.165) is 11.1 Å². The van der Waals surface area contributed by atoms with Gasteiger partial charge >= 0.3 is 12.9 Å². The highest BCUT2D eigenvalue weighted by Gasteiger charge is 2.48. The number of nitrogens with zero attached hydrogens (tertiary/aromatic N) is 5. The van der Waals surface area contributed by atoms with Crippen LogP contribution in [0.5, 0.6) is 0 Å². The van der Waals surface area contributed by atoms with E-state index in [9.17, 15) is 26.7 Å². The molecule has 13 heteroatoms. The molecule has 2 bridgehead atoms. The van der Waals surface area contributed by atoms with Crippen LogP contribution in [0.25, 0.3) is 17.0 Å². The molecule has 3 aromatic rings. The highest BCUT2D eigenvalue weighted by molar-refractivity contribution is 6.05. The van der Waals surface area contributed by atoms with Gasteiger partial charge in [0.2, 0.25) is 5.82 Å². The molecular weight excluding hydrogens is 513 g/mol. The van der Waals surface area contributed by atoms with Crippen molar-refractivity contribution in [2.75, 3.05) is 18.1 Å². The van der Waals surface area contributed by atoms with E-state index >= 15 is 0 Å². The van der Waals surface area contributed by atoms with Crippen LogP contribution in [-0.2, 0) is 4.79 Å². The fourth-order valence-corrected chi connectivity index (χ4v) is 5.00. The van der Waals surface area contributed by atoms with Gasteiger partial charge in [0, 0.05) is 29.8 Å². The van der Waals surface area contributed by atoms with Crippen molar-refractivity contribution in [3.8, 4) is 11.4 Å². The summed E-state index contributed by atoms with van der Waals surface area (Å²) in [5, 5.41) is 7.28. The SMILES string of the molecule is C=C(CCF)C(=O)N(CC12CCC(c3noc(C(F)F)n3)=C(C1)C2)c1cccc(-c2noc(C(F)F)n2)c1. The molecular formula is C25H22F5N5O3. The van der Waals surface area contributed by atoms with Gasteiger partial charge < -0.3 is 13.9 Å². The van der Waals surface area contributed by atoms with Gasteiger partial charge in [-0.3, -0.25) is 9.18 Å². The van der Waals surface area contributed by atoms with E-state index in [2.05, 4.69) is 35.9 Å². The van der Waals surface area contributed by atoms with Crippen molar-refractivity contribution in [1.82, 2.24) is 20.3 Å². The Bertz CT molecular complexity index is 1390. The molecule has 0 atom stereocenters. The van der Waals surface area contributed by atoms with Crippen molar-refractivity contribution in [1.29, 1.82) is 0 Å². The number of amides is 1. The molecule has 0 N–H and O–H groups in total. The van der Waals surface area contributed by atoms with Gasteiger partial charge in [0.05, 0.1) is 6.67 Å². The quantitative estimate of drug-likeness (QED) is 0.223. The summed E-state index contributed by atoms with van der Waals surface area (Å²) >= 11 is 0. The average Bonchev–Trinajstić information content (AvgIpc) is 3.58. The molecule has 0 radical (unpaired) electrons. The van der Waals surface area contributed by atoms with Crippen molar-refractivity contribution in [3.05, 3.63) is 59.6 Å². The van der Waals surface area contributed by atoms with E-state index in [1.165, 1.54) is 4.90 Å². The summed E-state index contributed by atoms with van der Waals surface area (Å²) in [5.41, 5.74) is 2.37. The van der Waals surface area contributed by atoms with Crippen molar-refractivity contribution < 1.29 is 35.8 Å². The minimum Gasteiger partial charge on any atom is -0.333 e. The van der Waals surface area contributed by atoms with Crippen molar-refractivity contribution in [2.45, 2.75) is 45.0 Å². The number of rotatable bonds is 10. The maximum Gasteiger partial charge on any atom is 0.315 e. The molecule has 1 fully saturated rings. The number of alkyl halides is 5. The van der Waals surface area contributed by atoms with Gasteiger partial charge in [0.25, 0.3) is 17.7 Å². The lowest BCUT2D eigenvalue weighted by Gasteiger charge is -2.51. The number of carbonyl (C=O) groups excluding carboxylic acids is 1. The molecule has 1 aromatic carbocycles. The summed E-state index contributed by atoms with van der Waals surface area (Å²) < 4.78 is 73.8. The largest absolute Gasteiger partial charge is 0.333 e. The summed E-state index contributed by atoms with van der Waals surface area (Å²) in [4.78, 5) is 22.4. The first-order valence-corrected chi connectivity index (χ1v) is 11.8. The zero-order chi connectivity index (χ0) is 27.0. The molecule has 0 aliphatic heterocycles. The Hall–Kier alpha value is -3.90. The van der Waals surface area contributed by atoms with Gasteiger partial charge in [-0.15, -0.1) is 0 Å². The predicted molar refractivity (Wildman–Crippen MR) is 124 cm³/mol. The van der Waals surface area contributed by atoms with E-state index < -0.39 is 37.2 Å². The van der Waals surface area contributed by atoms with Crippen LogP contribution in [0.4, 0.5) is 27.6 Å². The number of fused-ring (bicyclic) bond motifs is 2. The molecule has 0 unspecified atom stereocenters. The smallest absolute Gasteiger partial charge is 0.315 e. The van der Waals surface area contributed by atoms with E-state index in [-0.39, 0.29) is 35.6 Å². The third-order valence-corrected chi connectivity index (χ3v) is 6.89. The van der Waals surface area contributed by atoms with Crippen LogP contribution in [0.3, 0.4) is 0 Å². The number of halogens is 5. The van der Waals surface area contributed by atoms with Crippen LogP contribution in [-0.4, -0.2) is 39.4 Å². The molecule has 200 valence electrons. The topological polar surface area (TPSA) is 98.2 Å². The number of hydrogen-bond acceptors (Lipinski definition) is 7. The molecule has 2 heterocycles. The monoisotopic (exact) mass is 535 g/mol. The Labute approximate surface area is 213 Å². The highest BCUT2D eigenvalue weighted by atomic mass is 19.3. The van der Waals surface area contributed by atoms with E-state index in [4.69, 9.17) is 0 Å². The Kier molecular flexibility index (Phi) is 6.84. The fraction of sp³-hybridized carbons (Fsp3) is 0.400. The van der Waals surface area contributed by atoms with Crippen molar-refractivity contribution in [3.63, 3.8) is 0 Å². The zero-order valence-corrected chi connectivity index (χ0v) is 20.0. The van der Waals surface area contributed by atoms with Crippen LogP contribution < -0.4 is 4.90 Å². The lowest BCUT2D eigenvalue weighted by molar-refractivity contribution is -0.115. The first kappa shape index (κ1) is 25.7. The summed E-state index contributed by atoms with van der Waals surface area (Å²) in [7, 11) is 0. The van der Waals surface area contributed by atoms with Gasteiger partial charge in [-0.25, -0.2) is 0 Å². The Balaban J connectivity index is 1.41. The first-order valence-electron chi connectivity index (χ1n) is 11.8. The van der Waals surface area contributed by atoms with Gasteiger partial charge in [0.1, 0.15) is 0 Å². The molecule has 3 aliphatic rings.